The summed E-state index contributed by atoms with van der Waals surface area (Å²) in [5.74, 6) is 0.494. The molecule has 124 valence electrons. The maximum Gasteiger partial charge on any atom is 0.246 e. The Morgan fingerprint density at radius 2 is 1.78 bits per heavy atom. The lowest BCUT2D eigenvalue weighted by Gasteiger charge is -2.26. The lowest BCUT2D eigenvalue weighted by Crippen LogP contribution is -2.48. The average molecular weight is 375 g/mol. The second-order valence-electron chi connectivity index (χ2n) is 5.71. The van der Waals surface area contributed by atoms with Crippen LogP contribution in [0.4, 0.5) is 0 Å². The van der Waals surface area contributed by atoms with E-state index < -0.39 is 10.0 Å². The molecule has 0 saturated heterocycles. The van der Waals surface area contributed by atoms with E-state index >= 15 is 0 Å². The number of alkyl halides is 3. The van der Waals surface area contributed by atoms with Gasteiger partial charge in [-0.05, 0) is 28.8 Å². The molecule has 0 aliphatic heterocycles. The minimum Gasteiger partial charge on any atom is -0.466 e. The van der Waals surface area contributed by atoms with E-state index in [0.717, 1.165) is 10.8 Å². The molecule has 2 aromatic rings. The van der Waals surface area contributed by atoms with Gasteiger partial charge < -0.3 is 10.1 Å². The molecule has 2 aromatic carbocycles. The Kier molecular flexibility index (Phi) is 6.01. The predicted octanol–water partition coefficient (Wildman–Crippen LogP) is 5.08. The zero-order valence-corrected chi connectivity index (χ0v) is 15.1. The van der Waals surface area contributed by atoms with Crippen molar-refractivity contribution in [2.45, 2.75) is 30.3 Å². The van der Waals surface area contributed by atoms with Crippen molar-refractivity contribution >= 4 is 51.5 Å². The van der Waals surface area contributed by atoms with Gasteiger partial charge in [0.1, 0.15) is 5.75 Å². The molecule has 0 aliphatic carbocycles. The SMILES string of the molecule is CC(C)CC(=O)N[C@H](Oc1ccc2ccccc2c1)C(Cl)(Cl)Cl. The number of amides is 1. The van der Waals surface area contributed by atoms with E-state index in [4.69, 9.17) is 39.5 Å². The molecule has 23 heavy (non-hydrogen) atoms. The van der Waals surface area contributed by atoms with Crippen LogP contribution >= 0.6 is 34.8 Å². The summed E-state index contributed by atoms with van der Waals surface area (Å²) in [6.07, 6.45) is -0.738. The van der Waals surface area contributed by atoms with Crippen molar-refractivity contribution in [1.29, 1.82) is 0 Å². The van der Waals surface area contributed by atoms with E-state index in [1.54, 1.807) is 6.07 Å². The normalized spacial score (nSPS) is 13.1. The maximum atomic E-state index is 11.9. The number of carbonyl (C=O) groups is 1. The third-order valence-electron chi connectivity index (χ3n) is 3.16. The largest absolute Gasteiger partial charge is 0.466 e. The zero-order valence-electron chi connectivity index (χ0n) is 12.9. The van der Waals surface area contributed by atoms with Gasteiger partial charge in [-0.1, -0.05) is 79.0 Å². The molecule has 0 heterocycles. The Morgan fingerprint density at radius 1 is 1.13 bits per heavy atom. The molecule has 0 spiro atoms. The topological polar surface area (TPSA) is 38.3 Å². The van der Waals surface area contributed by atoms with E-state index in [9.17, 15) is 4.79 Å². The van der Waals surface area contributed by atoms with E-state index in [2.05, 4.69) is 5.32 Å². The second-order valence-corrected chi connectivity index (χ2v) is 8.08. The zero-order chi connectivity index (χ0) is 17.0. The lowest BCUT2D eigenvalue weighted by atomic mass is 10.1. The monoisotopic (exact) mass is 373 g/mol. The highest BCUT2D eigenvalue weighted by molar-refractivity contribution is 6.68. The standard InChI is InChI=1S/C17H18Cl3NO2/c1-11(2)9-15(22)21-16(17(18,19)20)23-14-8-7-12-5-3-4-6-13(12)10-14/h3-8,10-11,16H,9H2,1-2H3,(H,21,22)/t16-/m1/s1. The second kappa shape index (κ2) is 7.61. The van der Waals surface area contributed by atoms with Gasteiger partial charge in [-0.15, -0.1) is 0 Å². The fraction of sp³-hybridized carbons (Fsp3) is 0.353. The van der Waals surface area contributed by atoms with Crippen LogP contribution in [0.15, 0.2) is 42.5 Å². The van der Waals surface area contributed by atoms with E-state index in [1.165, 1.54) is 0 Å². The number of halogens is 3. The van der Waals surface area contributed by atoms with Crippen molar-refractivity contribution in [3.8, 4) is 5.75 Å². The van der Waals surface area contributed by atoms with Gasteiger partial charge >= 0.3 is 0 Å². The highest BCUT2D eigenvalue weighted by Gasteiger charge is 2.36. The van der Waals surface area contributed by atoms with E-state index in [0.29, 0.717) is 12.2 Å². The number of rotatable bonds is 5. The smallest absolute Gasteiger partial charge is 0.246 e. The highest BCUT2D eigenvalue weighted by Crippen LogP contribution is 2.32. The van der Waals surface area contributed by atoms with Crippen LogP contribution in [-0.2, 0) is 4.79 Å². The molecule has 0 fully saturated rings. The Balaban J connectivity index is 2.17. The van der Waals surface area contributed by atoms with Crippen molar-refractivity contribution in [2.75, 3.05) is 0 Å². The molecule has 2 rings (SSSR count). The molecule has 0 aromatic heterocycles. The molecule has 3 nitrogen and oxygen atoms in total. The van der Waals surface area contributed by atoms with Crippen LogP contribution in [0.25, 0.3) is 10.8 Å². The lowest BCUT2D eigenvalue weighted by molar-refractivity contribution is -0.124. The number of hydrogen-bond acceptors (Lipinski definition) is 2. The third-order valence-corrected chi connectivity index (χ3v) is 3.75. The fourth-order valence-corrected chi connectivity index (χ4v) is 2.43. The van der Waals surface area contributed by atoms with Crippen molar-refractivity contribution in [1.82, 2.24) is 5.32 Å². The number of ether oxygens (including phenoxy) is 1. The summed E-state index contributed by atoms with van der Waals surface area (Å²) < 4.78 is 3.93. The molecular formula is C17H18Cl3NO2. The van der Waals surface area contributed by atoms with Gasteiger partial charge in [0.15, 0.2) is 0 Å². The van der Waals surface area contributed by atoms with Crippen LogP contribution in [0, 0.1) is 5.92 Å². The number of nitrogens with one attached hydrogen (secondary N) is 1. The van der Waals surface area contributed by atoms with Gasteiger partial charge in [-0.25, -0.2) is 0 Å². The van der Waals surface area contributed by atoms with Gasteiger partial charge in [0.2, 0.25) is 15.9 Å². The van der Waals surface area contributed by atoms with Crippen molar-refractivity contribution in [3.63, 3.8) is 0 Å². The maximum absolute atomic E-state index is 11.9. The van der Waals surface area contributed by atoms with Gasteiger partial charge in [0.25, 0.3) is 0 Å². The summed E-state index contributed by atoms with van der Waals surface area (Å²) in [5, 5.41) is 4.71. The number of carbonyl (C=O) groups excluding carboxylic acids is 1. The molecule has 1 amide bonds. The van der Waals surface area contributed by atoms with Crippen LogP contribution in [-0.4, -0.2) is 15.9 Å². The van der Waals surface area contributed by atoms with Gasteiger partial charge in [0.05, 0.1) is 0 Å². The first-order valence-corrected chi connectivity index (χ1v) is 8.40. The number of hydrogen-bond donors (Lipinski definition) is 1. The van der Waals surface area contributed by atoms with Crippen molar-refractivity contribution < 1.29 is 9.53 Å². The van der Waals surface area contributed by atoms with Crippen LogP contribution in [0.5, 0.6) is 5.75 Å². The summed E-state index contributed by atoms with van der Waals surface area (Å²) in [6.45, 7) is 3.88. The van der Waals surface area contributed by atoms with E-state index in [1.807, 2.05) is 50.2 Å². The Bertz CT molecular complexity index is 683. The molecule has 1 N–H and O–H groups in total. The van der Waals surface area contributed by atoms with Crippen LogP contribution < -0.4 is 10.1 Å². The summed E-state index contributed by atoms with van der Waals surface area (Å²) in [7, 11) is 0. The van der Waals surface area contributed by atoms with Gasteiger partial charge in [0, 0.05) is 6.42 Å². The number of benzene rings is 2. The van der Waals surface area contributed by atoms with E-state index in [-0.39, 0.29) is 11.8 Å². The summed E-state index contributed by atoms with van der Waals surface area (Å²) in [4.78, 5) is 11.9. The predicted molar refractivity (Wildman–Crippen MR) is 96.3 cm³/mol. The molecule has 0 radical (unpaired) electrons. The average Bonchev–Trinajstić information content (AvgIpc) is 2.44. The fourth-order valence-electron chi connectivity index (χ4n) is 2.13. The first-order chi connectivity index (χ1) is 10.8. The Labute approximate surface area is 150 Å². The quantitative estimate of drug-likeness (QED) is 0.585. The van der Waals surface area contributed by atoms with Crippen LogP contribution in [0.1, 0.15) is 20.3 Å². The van der Waals surface area contributed by atoms with Crippen LogP contribution in [0.2, 0.25) is 0 Å². The molecule has 6 heteroatoms. The molecule has 0 bridgehead atoms. The van der Waals surface area contributed by atoms with Crippen molar-refractivity contribution in [3.05, 3.63) is 42.5 Å². The van der Waals surface area contributed by atoms with Gasteiger partial charge in [-0.2, -0.15) is 0 Å². The minimum absolute atomic E-state index is 0.201. The molecule has 1 atom stereocenters. The van der Waals surface area contributed by atoms with Crippen LogP contribution in [0.3, 0.4) is 0 Å². The first kappa shape index (κ1) is 18.2. The molecule has 0 aliphatic rings. The Hall–Kier alpha value is -1.16. The number of fused-ring (bicyclic) bond motifs is 1. The summed E-state index contributed by atoms with van der Waals surface area (Å²) in [5.41, 5.74) is 0. The summed E-state index contributed by atoms with van der Waals surface area (Å²) in [6, 6.07) is 13.4. The summed E-state index contributed by atoms with van der Waals surface area (Å²) >= 11 is 17.8. The minimum atomic E-state index is -1.78. The molecular weight excluding hydrogens is 357 g/mol. The third kappa shape index (κ3) is 5.45. The molecule has 0 unspecified atom stereocenters. The van der Waals surface area contributed by atoms with Gasteiger partial charge in [-0.3, -0.25) is 4.79 Å². The molecule has 0 saturated carbocycles. The highest BCUT2D eigenvalue weighted by atomic mass is 35.6. The first-order valence-electron chi connectivity index (χ1n) is 7.27. The van der Waals surface area contributed by atoms with Crippen molar-refractivity contribution in [2.24, 2.45) is 5.92 Å². The Morgan fingerprint density at radius 3 is 2.39 bits per heavy atom.